The summed E-state index contributed by atoms with van der Waals surface area (Å²) >= 11 is 0. The number of fused-ring (bicyclic) bond motifs is 1. The van der Waals surface area contributed by atoms with Crippen LogP contribution in [0.4, 0.5) is 5.69 Å². The van der Waals surface area contributed by atoms with Gasteiger partial charge in [-0.25, -0.2) is 0 Å². The number of nitrogens with zero attached hydrogens (tertiary/aromatic N) is 2. The lowest BCUT2D eigenvalue weighted by Crippen LogP contribution is -2.49. The SMILES string of the molecule is COc1ccccc1N1CCN(C(=O)Cc2coc3ccc(C(C)(C)C)cc23)CC1. The minimum atomic E-state index is 0.0571. The Morgan fingerprint density at radius 1 is 1.07 bits per heavy atom. The number of benzene rings is 2. The van der Waals surface area contributed by atoms with E-state index in [0.29, 0.717) is 19.5 Å². The average molecular weight is 407 g/mol. The Kier molecular flexibility index (Phi) is 5.46. The number of anilines is 1. The summed E-state index contributed by atoms with van der Waals surface area (Å²) in [5.74, 6) is 1.02. The van der Waals surface area contributed by atoms with Gasteiger partial charge in [0, 0.05) is 37.1 Å². The van der Waals surface area contributed by atoms with Crippen LogP contribution in [0, 0.1) is 0 Å². The molecule has 0 N–H and O–H groups in total. The second kappa shape index (κ2) is 8.05. The number of hydrogen-bond donors (Lipinski definition) is 0. The topological polar surface area (TPSA) is 45.9 Å². The van der Waals surface area contributed by atoms with E-state index in [0.717, 1.165) is 41.1 Å². The highest BCUT2D eigenvalue weighted by Crippen LogP contribution is 2.30. The lowest BCUT2D eigenvalue weighted by atomic mass is 9.86. The molecule has 3 aromatic rings. The van der Waals surface area contributed by atoms with Gasteiger partial charge in [0.15, 0.2) is 0 Å². The molecule has 0 bridgehead atoms. The van der Waals surface area contributed by atoms with Crippen LogP contribution >= 0.6 is 0 Å². The summed E-state index contributed by atoms with van der Waals surface area (Å²) in [6.45, 7) is 9.60. The summed E-state index contributed by atoms with van der Waals surface area (Å²) in [5.41, 5.74) is 4.19. The van der Waals surface area contributed by atoms with Crippen molar-refractivity contribution in [2.24, 2.45) is 0 Å². The fourth-order valence-corrected chi connectivity index (χ4v) is 4.05. The summed E-state index contributed by atoms with van der Waals surface area (Å²) in [6, 6.07) is 14.3. The Morgan fingerprint density at radius 2 is 1.80 bits per heavy atom. The van der Waals surface area contributed by atoms with E-state index >= 15 is 0 Å². The first-order valence-corrected chi connectivity index (χ1v) is 10.5. The smallest absolute Gasteiger partial charge is 0.227 e. The van der Waals surface area contributed by atoms with E-state index < -0.39 is 0 Å². The number of amides is 1. The van der Waals surface area contributed by atoms with E-state index in [2.05, 4.69) is 43.9 Å². The van der Waals surface area contributed by atoms with Crippen LogP contribution < -0.4 is 9.64 Å². The summed E-state index contributed by atoms with van der Waals surface area (Å²) in [4.78, 5) is 17.2. The van der Waals surface area contributed by atoms with Crippen LogP contribution in [0.25, 0.3) is 11.0 Å². The van der Waals surface area contributed by atoms with Gasteiger partial charge in [-0.1, -0.05) is 39.0 Å². The Labute approximate surface area is 178 Å². The molecule has 5 heteroatoms. The van der Waals surface area contributed by atoms with Crippen molar-refractivity contribution in [3.8, 4) is 5.75 Å². The first kappa shape index (κ1) is 20.3. The maximum absolute atomic E-state index is 13.0. The normalized spacial score (nSPS) is 14.9. The van der Waals surface area contributed by atoms with Gasteiger partial charge < -0.3 is 19.0 Å². The molecule has 2 aromatic carbocycles. The van der Waals surface area contributed by atoms with Crippen molar-refractivity contribution in [3.05, 3.63) is 59.9 Å². The number of methoxy groups -OCH3 is 1. The zero-order chi connectivity index (χ0) is 21.3. The number of piperazine rings is 1. The number of carbonyl (C=O) groups excluding carboxylic acids is 1. The molecule has 2 heterocycles. The summed E-state index contributed by atoms with van der Waals surface area (Å²) < 4.78 is 11.2. The Hall–Kier alpha value is -2.95. The molecule has 1 aliphatic rings. The maximum Gasteiger partial charge on any atom is 0.227 e. The van der Waals surface area contributed by atoms with E-state index in [9.17, 15) is 4.79 Å². The highest BCUT2D eigenvalue weighted by atomic mass is 16.5. The first-order valence-electron chi connectivity index (χ1n) is 10.5. The van der Waals surface area contributed by atoms with Crippen LogP contribution in [-0.2, 0) is 16.6 Å². The number of ether oxygens (including phenoxy) is 1. The van der Waals surface area contributed by atoms with Gasteiger partial charge in [-0.2, -0.15) is 0 Å². The molecule has 5 nitrogen and oxygen atoms in total. The van der Waals surface area contributed by atoms with Crippen molar-refractivity contribution >= 4 is 22.6 Å². The number of hydrogen-bond acceptors (Lipinski definition) is 4. The standard InChI is InChI=1S/C25H30N2O3/c1-25(2,3)19-9-10-22-20(16-19)18(17-30-22)15-24(28)27-13-11-26(12-14-27)21-7-5-6-8-23(21)29-4/h5-10,16-17H,11-15H2,1-4H3. The van der Waals surface area contributed by atoms with Crippen molar-refractivity contribution in [1.82, 2.24) is 4.90 Å². The third-order valence-corrected chi connectivity index (χ3v) is 5.92. The third-order valence-electron chi connectivity index (χ3n) is 5.92. The van der Waals surface area contributed by atoms with E-state index in [-0.39, 0.29) is 11.3 Å². The average Bonchev–Trinajstić information content (AvgIpc) is 3.15. The second-order valence-electron chi connectivity index (χ2n) is 8.94. The van der Waals surface area contributed by atoms with Gasteiger partial charge in [-0.3, -0.25) is 4.79 Å². The Bertz CT molecular complexity index is 1040. The van der Waals surface area contributed by atoms with E-state index in [1.165, 1.54) is 5.56 Å². The molecule has 0 spiro atoms. The quantitative estimate of drug-likeness (QED) is 0.634. The van der Waals surface area contributed by atoms with Gasteiger partial charge >= 0.3 is 0 Å². The summed E-state index contributed by atoms with van der Waals surface area (Å²) in [7, 11) is 1.69. The fraction of sp³-hybridized carbons (Fsp3) is 0.400. The van der Waals surface area contributed by atoms with Gasteiger partial charge in [-0.15, -0.1) is 0 Å². The highest BCUT2D eigenvalue weighted by Gasteiger charge is 2.24. The van der Waals surface area contributed by atoms with Crippen molar-refractivity contribution < 1.29 is 13.9 Å². The lowest BCUT2D eigenvalue weighted by molar-refractivity contribution is -0.130. The third kappa shape index (κ3) is 4.02. The predicted molar refractivity (Wildman–Crippen MR) is 120 cm³/mol. The molecule has 1 aromatic heterocycles. The maximum atomic E-state index is 13.0. The van der Waals surface area contributed by atoms with E-state index in [4.69, 9.17) is 9.15 Å². The van der Waals surface area contributed by atoms with Crippen LogP contribution in [0.2, 0.25) is 0 Å². The molecule has 0 aliphatic carbocycles. The van der Waals surface area contributed by atoms with Gasteiger partial charge in [0.25, 0.3) is 0 Å². The minimum absolute atomic E-state index is 0.0571. The molecule has 0 atom stereocenters. The molecular formula is C25H30N2O3. The molecule has 0 unspecified atom stereocenters. The molecule has 1 fully saturated rings. The summed E-state index contributed by atoms with van der Waals surface area (Å²) in [5, 5.41) is 1.04. The van der Waals surface area contributed by atoms with Crippen molar-refractivity contribution in [3.63, 3.8) is 0 Å². The first-order chi connectivity index (χ1) is 14.4. The molecular weight excluding hydrogens is 376 g/mol. The zero-order valence-corrected chi connectivity index (χ0v) is 18.3. The number of carbonyl (C=O) groups is 1. The van der Waals surface area contributed by atoms with Crippen LogP contribution in [0.1, 0.15) is 31.9 Å². The van der Waals surface area contributed by atoms with Gasteiger partial charge in [-0.05, 0) is 35.2 Å². The van der Waals surface area contributed by atoms with Crippen molar-refractivity contribution in [2.45, 2.75) is 32.6 Å². The molecule has 1 aliphatic heterocycles. The van der Waals surface area contributed by atoms with Crippen LogP contribution in [0.3, 0.4) is 0 Å². The van der Waals surface area contributed by atoms with Gasteiger partial charge in [0.2, 0.25) is 5.91 Å². The molecule has 1 saturated heterocycles. The Morgan fingerprint density at radius 3 is 2.50 bits per heavy atom. The second-order valence-corrected chi connectivity index (χ2v) is 8.94. The zero-order valence-electron chi connectivity index (χ0n) is 18.3. The van der Waals surface area contributed by atoms with Gasteiger partial charge in [0.1, 0.15) is 11.3 Å². The predicted octanol–water partition coefficient (Wildman–Crippen LogP) is 4.63. The van der Waals surface area contributed by atoms with E-state index in [1.807, 2.05) is 29.2 Å². The summed E-state index contributed by atoms with van der Waals surface area (Å²) in [6.07, 6.45) is 2.11. The van der Waals surface area contributed by atoms with Crippen LogP contribution in [0.5, 0.6) is 5.75 Å². The monoisotopic (exact) mass is 406 g/mol. The minimum Gasteiger partial charge on any atom is -0.495 e. The van der Waals surface area contributed by atoms with Crippen molar-refractivity contribution in [2.75, 3.05) is 38.2 Å². The Balaban J connectivity index is 1.44. The van der Waals surface area contributed by atoms with Crippen LogP contribution in [0.15, 0.2) is 53.1 Å². The molecule has 0 radical (unpaired) electrons. The lowest BCUT2D eigenvalue weighted by Gasteiger charge is -2.36. The molecule has 158 valence electrons. The number of furan rings is 1. The number of para-hydroxylation sites is 2. The molecule has 0 saturated carbocycles. The largest absolute Gasteiger partial charge is 0.495 e. The molecule has 4 rings (SSSR count). The number of rotatable bonds is 4. The van der Waals surface area contributed by atoms with E-state index in [1.54, 1.807) is 13.4 Å². The molecule has 30 heavy (non-hydrogen) atoms. The van der Waals surface area contributed by atoms with Crippen molar-refractivity contribution in [1.29, 1.82) is 0 Å². The van der Waals surface area contributed by atoms with Gasteiger partial charge in [0.05, 0.1) is 25.5 Å². The highest BCUT2D eigenvalue weighted by molar-refractivity contribution is 5.88. The molecule has 1 amide bonds. The fourth-order valence-electron chi connectivity index (χ4n) is 4.05. The van der Waals surface area contributed by atoms with Crippen LogP contribution in [-0.4, -0.2) is 44.1 Å².